The van der Waals surface area contributed by atoms with Crippen molar-refractivity contribution in [2.75, 3.05) is 13.1 Å². The first-order valence-corrected chi connectivity index (χ1v) is 7.05. The predicted molar refractivity (Wildman–Crippen MR) is 76.3 cm³/mol. The van der Waals surface area contributed by atoms with E-state index in [1.54, 1.807) is 11.0 Å². The van der Waals surface area contributed by atoms with Gasteiger partial charge in [0.15, 0.2) is 0 Å². The third-order valence-electron chi connectivity index (χ3n) is 3.62. The maximum Gasteiger partial charge on any atom is 0.393 e. The lowest BCUT2D eigenvalue weighted by atomic mass is 9.97. The second kappa shape index (κ2) is 6.27. The van der Waals surface area contributed by atoms with Crippen molar-refractivity contribution in [2.45, 2.75) is 25.6 Å². The van der Waals surface area contributed by atoms with Crippen molar-refractivity contribution in [3.8, 4) is 0 Å². The molecule has 2 N–H and O–H groups in total. The summed E-state index contributed by atoms with van der Waals surface area (Å²) in [5, 5.41) is 0. The molecule has 1 aliphatic rings. The van der Waals surface area contributed by atoms with Crippen molar-refractivity contribution in [3.63, 3.8) is 0 Å². The van der Waals surface area contributed by atoms with Crippen molar-refractivity contribution in [2.24, 2.45) is 11.7 Å². The fourth-order valence-electron chi connectivity index (χ4n) is 2.61. The van der Waals surface area contributed by atoms with E-state index in [1.165, 1.54) is 12.1 Å². The van der Waals surface area contributed by atoms with Crippen LogP contribution in [0.15, 0.2) is 18.2 Å². The van der Waals surface area contributed by atoms with E-state index in [9.17, 15) is 17.6 Å². The molecule has 1 atom stereocenters. The number of nitrogens with two attached hydrogens (primary N) is 1. The Morgan fingerprint density at radius 3 is 2.67 bits per heavy atom. The summed E-state index contributed by atoms with van der Waals surface area (Å²) in [5.74, 6) is -1.80. The van der Waals surface area contributed by atoms with E-state index in [2.05, 4.69) is 0 Å². The number of rotatable bonds is 3. The maximum atomic E-state index is 13.5. The normalized spacial score (nSPS) is 20.5. The topological polar surface area (TPSA) is 29.3 Å². The van der Waals surface area contributed by atoms with E-state index in [0.717, 1.165) is 0 Å². The quantitative estimate of drug-likeness (QED) is 0.685. The van der Waals surface area contributed by atoms with Crippen LogP contribution in [-0.2, 0) is 6.54 Å². The minimum absolute atomic E-state index is 0.0532. The van der Waals surface area contributed by atoms with Gasteiger partial charge in [-0.15, -0.1) is 0 Å². The van der Waals surface area contributed by atoms with Crippen LogP contribution in [-0.4, -0.2) is 29.2 Å². The third-order valence-corrected chi connectivity index (χ3v) is 3.85. The molecule has 1 unspecified atom stereocenters. The average Bonchev–Trinajstić information content (AvgIpc) is 2.37. The molecule has 21 heavy (non-hydrogen) atoms. The molecule has 0 radical (unpaired) electrons. The van der Waals surface area contributed by atoms with Gasteiger partial charge in [-0.2, -0.15) is 13.2 Å². The van der Waals surface area contributed by atoms with Gasteiger partial charge in [0.1, 0.15) is 10.8 Å². The number of benzene rings is 1. The van der Waals surface area contributed by atoms with Crippen molar-refractivity contribution >= 4 is 17.2 Å². The summed E-state index contributed by atoms with van der Waals surface area (Å²) in [4.78, 5) is 1.77. The minimum atomic E-state index is -4.18. The van der Waals surface area contributed by atoms with E-state index < -0.39 is 17.9 Å². The van der Waals surface area contributed by atoms with Gasteiger partial charge in [0.2, 0.25) is 0 Å². The predicted octanol–water partition coefficient (Wildman–Crippen LogP) is 3.23. The fourth-order valence-corrected chi connectivity index (χ4v) is 2.73. The molecule has 1 aromatic carbocycles. The number of hydrogen-bond donors (Lipinski definition) is 1. The minimum Gasteiger partial charge on any atom is -0.389 e. The molecule has 0 aromatic heterocycles. The first-order chi connectivity index (χ1) is 9.75. The second-order valence-electron chi connectivity index (χ2n) is 5.33. The highest BCUT2D eigenvalue weighted by Crippen LogP contribution is 2.33. The molecular formula is C14H16F4N2S. The number of halogens is 4. The number of hydrogen-bond acceptors (Lipinski definition) is 2. The third kappa shape index (κ3) is 4.38. The molecule has 2 rings (SSSR count). The Labute approximate surface area is 125 Å². The van der Waals surface area contributed by atoms with Gasteiger partial charge in [-0.05, 0) is 43.1 Å². The van der Waals surface area contributed by atoms with Crippen molar-refractivity contribution in [3.05, 3.63) is 35.1 Å². The Hall–Kier alpha value is -1.21. The van der Waals surface area contributed by atoms with E-state index in [0.29, 0.717) is 24.1 Å². The lowest BCUT2D eigenvalue weighted by molar-refractivity contribution is -0.187. The van der Waals surface area contributed by atoms with E-state index >= 15 is 0 Å². The molecule has 1 saturated heterocycles. The standard InChI is InChI=1S/C14H16F4N2S/c15-12-5-9(4-10(6-12)13(19)21)7-20-3-1-2-11(8-20)14(16,17)18/h4-6,11H,1-3,7-8H2,(H2,19,21). The highest BCUT2D eigenvalue weighted by molar-refractivity contribution is 7.80. The van der Waals surface area contributed by atoms with Crippen LogP contribution in [0.2, 0.25) is 0 Å². The Balaban J connectivity index is 2.09. The van der Waals surface area contributed by atoms with Gasteiger partial charge >= 0.3 is 6.18 Å². The largest absolute Gasteiger partial charge is 0.393 e. The Bertz CT molecular complexity index is 530. The van der Waals surface area contributed by atoms with Crippen molar-refractivity contribution in [1.29, 1.82) is 0 Å². The van der Waals surface area contributed by atoms with Gasteiger partial charge in [0.25, 0.3) is 0 Å². The van der Waals surface area contributed by atoms with Gasteiger partial charge < -0.3 is 5.73 Å². The first kappa shape index (κ1) is 16.2. The summed E-state index contributed by atoms with van der Waals surface area (Å²) in [7, 11) is 0. The molecule has 0 spiro atoms. The highest BCUT2D eigenvalue weighted by atomic mass is 32.1. The molecule has 1 aliphatic heterocycles. The van der Waals surface area contributed by atoms with Crippen LogP contribution in [0.1, 0.15) is 24.0 Å². The first-order valence-electron chi connectivity index (χ1n) is 6.64. The van der Waals surface area contributed by atoms with Crippen molar-refractivity contribution < 1.29 is 17.6 Å². The molecule has 0 amide bonds. The van der Waals surface area contributed by atoms with E-state index in [-0.39, 0.29) is 24.5 Å². The van der Waals surface area contributed by atoms with Crippen LogP contribution in [0.4, 0.5) is 17.6 Å². The van der Waals surface area contributed by atoms with Crippen LogP contribution in [0.5, 0.6) is 0 Å². The van der Waals surface area contributed by atoms with E-state index in [4.69, 9.17) is 18.0 Å². The number of thiocarbonyl (C=S) groups is 1. The van der Waals surface area contributed by atoms with Crippen LogP contribution < -0.4 is 5.73 Å². The summed E-state index contributed by atoms with van der Waals surface area (Å²) >= 11 is 4.80. The summed E-state index contributed by atoms with van der Waals surface area (Å²) in [5.41, 5.74) is 6.44. The molecular weight excluding hydrogens is 304 g/mol. The molecule has 116 valence electrons. The highest BCUT2D eigenvalue weighted by Gasteiger charge is 2.41. The number of likely N-dealkylation sites (tertiary alicyclic amines) is 1. The molecule has 1 heterocycles. The molecule has 0 bridgehead atoms. The molecule has 0 saturated carbocycles. The Morgan fingerprint density at radius 1 is 1.33 bits per heavy atom. The lowest BCUT2D eigenvalue weighted by Gasteiger charge is -2.33. The van der Waals surface area contributed by atoms with Gasteiger partial charge in [-0.3, -0.25) is 4.90 Å². The van der Waals surface area contributed by atoms with Gasteiger partial charge in [0, 0.05) is 18.7 Å². The van der Waals surface area contributed by atoms with Crippen LogP contribution in [0, 0.1) is 11.7 Å². The molecule has 1 fully saturated rings. The number of piperidine rings is 1. The van der Waals surface area contributed by atoms with Crippen molar-refractivity contribution in [1.82, 2.24) is 4.90 Å². The van der Waals surface area contributed by atoms with Gasteiger partial charge in [-0.25, -0.2) is 4.39 Å². The van der Waals surface area contributed by atoms with Crippen LogP contribution in [0.25, 0.3) is 0 Å². The summed E-state index contributed by atoms with van der Waals surface area (Å²) < 4.78 is 51.8. The average molecular weight is 320 g/mol. The number of alkyl halides is 3. The van der Waals surface area contributed by atoms with Crippen LogP contribution in [0.3, 0.4) is 0 Å². The molecule has 2 nitrogen and oxygen atoms in total. The summed E-state index contributed by atoms with van der Waals surface area (Å²) in [6.07, 6.45) is -3.53. The zero-order valence-electron chi connectivity index (χ0n) is 11.3. The van der Waals surface area contributed by atoms with Gasteiger partial charge in [-0.1, -0.05) is 12.2 Å². The molecule has 7 heteroatoms. The second-order valence-corrected chi connectivity index (χ2v) is 5.77. The fraction of sp³-hybridized carbons (Fsp3) is 0.500. The van der Waals surface area contributed by atoms with Crippen LogP contribution >= 0.6 is 12.2 Å². The maximum absolute atomic E-state index is 13.5. The summed E-state index contributed by atoms with van der Waals surface area (Å²) in [6, 6.07) is 4.15. The smallest absolute Gasteiger partial charge is 0.389 e. The molecule has 1 aromatic rings. The number of nitrogens with zero attached hydrogens (tertiary/aromatic N) is 1. The van der Waals surface area contributed by atoms with E-state index in [1.807, 2.05) is 0 Å². The Morgan fingerprint density at radius 2 is 2.05 bits per heavy atom. The van der Waals surface area contributed by atoms with Gasteiger partial charge in [0.05, 0.1) is 5.92 Å². The SMILES string of the molecule is NC(=S)c1cc(F)cc(CN2CCCC(C(F)(F)F)C2)c1. The monoisotopic (exact) mass is 320 g/mol. The Kier molecular flexibility index (Phi) is 4.83. The zero-order valence-corrected chi connectivity index (χ0v) is 12.1. The lowest BCUT2D eigenvalue weighted by Crippen LogP contribution is -2.41. The summed E-state index contributed by atoms with van der Waals surface area (Å²) in [6.45, 7) is 0.786. The zero-order chi connectivity index (χ0) is 15.6. The molecule has 0 aliphatic carbocycles.